The molecule has 106 valence electrons. The summed E-state index contributed by atoms with van der Waals surface area (Å²) in [4.78, 5) is 4.58. The lowest BCUT2D eigenvalue weighted by Crippen LogP contribution is -1.88. The second-order valence-corrected chi connectivity index (χ2v) is 5.53. The first kappa shape index (κ1) is 13.8. The highest BCUT2D eigenvalue weighted by molar-refractivity contribution is 5.94. The van der Waals surface area contributed by atoms with Gasteiger partial charge in [0.15, 0.2) is 0 Å². The Kier molecular flexibility index (Phi) is 4.30. The highest BCUT2D eigenvalue weighted by atomic mass is 14.7. The van der Waals surface area contributed by atoms with E-state index in [1.807, 2.05) is 6.20 Å². The van der Waals surface area contributed by atoms with Crippen molar-refractivity contribution in [3.63, 3.8) is 0 Å². The Bertz CT molecular complexity index is 708. The summed E-state index contributed by atoms with van der Waals surface area (Å²) in [5.41, 5.74) is 3.70. The second kappa shape index (κ2) is 6.53. The minimum atomic E-state index is 1.08. The van der Waals surface area contributed by atoms with Crippen molar-refractivity contribution in [3.8, 4) is 11.3 Å². The molecule has 0 amide bonds. The Labute approximate surface area is 126 Å². The number of aryl methyl sites for hydroxylation is 1. The van der Waals surface area contributed by atoms with Crippen molar-refractivity contribution in [1.82, 2.24) is 4.98 Å². The van der Waals surface area contributed by atoms with Crippen molar-refractivity contribution in [3.05, 3.63) is 66.4 Å². The average Bonchev–Trinajstić information content (AvgIpc) is 2.55. The van der Waals surface area contributed by atoms with E-state index in [4.69, 9.17) is 0 Å². The fraction of sp³-hybridized carbons (Fsp3) is 0.250. The van der Waals surface area contributed by atoms with E-state index in [-0.39, 0.29) is 0 Å². The number of nitrogens with zero attached hydrogens (tertiary/aromatic N) is 1. The van der Waals surface area contributed by atoms with Crippen LogP contribution in [-0.2, 0) is 6.42 Å². The molecule has 0 aliphatic heterocycles. The van der Waals surface area contributed by atoms with Crippen molar-refractivity contribution in [2.24, 2.45) is 0 Å². The van der Waals surface area contributed by atoms with Crippen LogP contribution >= 0.6 is 0 Å². The van der Waals surface area contributed by atoms with Gasteiger partial charge in [0.25, 0.3) is 0 Å². The maximum atomic E-state index is 4.58. The number of pyridine rings is 1. The van der Waals surface area contributed by atoms with Gasteiger partial charge in [-0.1, -0.05) is 68.3 Å². The summed E-state index contributed by atoms with van der Waals surface area (Å²) < 4.78 is 0. The minimum absolute atomic E-state index is 1.08. The van der Waals surface area contributed by atoms with Gasteiger partial charge in [-0.15, -0.1) is 0 Å². The largest absolute Gasteiger partial charge is 0.256 e. The summed E-state index contributed by atoms with van der Waals surface area (Å²) in [6.45, 7) is 2.25. The Morgan fingerprint density at radius 2 is 1.67 bits per heavy atom. The number of rotatable bonds is 5. The fourth-order valence-electron chi connectivity index (χ4n) is 2.76. The number of hydrogen-bond donors (Lipinski definition) is 0. The van der Waals surface area contributed by atoms with E-state index in [1.54, 1.807) is 0 Å². The topological polar surface area (TPSA) is 12.9 Å². The molecule has 21 heavy (non-hydrogen) atoms. The van der Waals surface area contributed by atoms with Crippen molar-refractivity contribution in [2.45, 2.75) is 32.6 Å². The third kappa shape index (κ3) is 3.13. The smallest absolute Gasteiger partial charge is 0.0780 e. The molecule has 0 unspecified atom stereocenters. The maximum absolute atomic E-state index is 4.58. The molecule has 1 aromatic heterocycles. The van der Waals surface area contributed by atoms with Crippen LogP contribution in [0, 0.1) is 0 Å². The highest BCUT2D eigenvalue weighted by Crippen LogP contribution is 2.26. The Morgan fingerprint density at radius 3 is 2.48 bits per heavy atom. The predicted octanol–water partition coefficient (Wildman–Crippen LogP) is 5.63. The van der Waals surface area contributed by atoms with Gasteiger partial charge in [-0.3, -0.25) is 4.98 Å². The van der Waals surface area contributed by atoms with E-state index in [0.29, 0.717) is 0 Å². The van der Waals surface area contributed by atoms with E-state index < -0.39 is 0 Å². The lowest BCUT2D eigenvalue weighted by atomic mass is 10.0. The zero-order valence-corrected chi connectivity index (χ0v) is 12.5. The van der Waals surface area contributed by atoms with E-state index in [1.165, 1.54) is 47.6 Å². The van der Waals surface area contributed by atoms with Crippen molar-refractivity contribution in [1.29, 1.82) is 0 Å². The van der Waals surface area contributed by atoms with Gasteiger partial charge < -0.3 is 0 Å². The molecule has 3 aromatic rings. The van der Waals surface area contributed by atoms with Gasteiger partial charge in [-0.05, 0) is 29.9 Å². The number of aromatic nitrogens is 1. The minimum Gasteiger partial charge on any atom is -0.256 e. The zero-order valence-electron chi connectivity index (χ0n) is 12.5. The molecule has 0 N–H and O–H groups in total. The van der Waals surface area contributed by atoms with Gasteiger partial charge in [0.05, 0.1) is 5.69 Å². The number of benzene rings is 2. The molecular formula is C20H21N. The Hall–Kier alpha value is -2.15. The first-order valence-electron chi connectivity index (χ1n) is 7.81. The van der Waals surface area contributed by atoms with E-state index >= 15 is 0 Å². The number of unbranched alkanes of at least 4 members (excludes halogenated alkanes) is 2. The lowest BCUT2D eigenvalue weighted by molar-refractivity contribution is 0.717. The van der Waals surface area contributed by atoms with Gasteiger partial charge in [-0.25, -0.2) is 0 Å². The molecule has 0 aliphatic carbocycles. The van der Waals surface area contributed by atoms with Crippen molar-refractivity contribution < 1.29 is 0 Å². The third-order valence-corrected chi connectivity index (χ3v) is 3.97. The van der Waals surface area contributed by atoms with Gasteiger partial charge in [0.1, 0.15) is 0 Å². The van der Waals surface area contributed by atoms with Crippen LogP contribution in [0.15, 0.2) is 60.8 Å². The molecule has 1 nitrogen and oxygen atoms in total. The summed E-state index contributed by atoms with van der Waals surface area (Å²) in [6.07, 6.45) is 6.94. The van der Waals surface area contributed by atoms with Gasteiger partial charge in [-0.2, -0.15) is 0 Å². The molecule has 0 radical (unpaired) electrons. The van der Waals surface area contributed by atoms with Crippen LogP contribution in [0.25, 0.3) is 22.0 Å². The molecule has 0 bridgehead atoms. The van der Waals surface area contributed by atoms with E-state index in [9.17, 15) is 0 Å². The number of hydrogen-bond acceptors (Lipinski definition) is 1. The Balaban J connectivity index is 1.89. The van der Waals surface area contributed by atoms with Crippen LogP contribution in [0.2, 0.25) is 0 Å². The second-order valence-electron chi connectivity index (χ2n) is 5.53. The third-order valence-electron chi connectivity index (χ3n) is 3.97. The zero-order chi connectivity index (χ0) is 14.5. The molecule has 0 spiro atoms. The SMILES string of the molecule is CCCCCc1ccc(-c2nccc3ccccc23)cc1. The maximum Gasteiger partial charge on any atom is 0.0780 e. The van der Waals surface area contributed by atoms with Crippen LogP contribution in [0.5, 0.6) is 0 Å². The predicted molar refractivity (Wildman–Crippen MR) is 90.4 cm³/mol. The molecular weight excluding hydrogens is 254 g/mol. The van der Waals surface area contributed by atoms with Gasteiger partial charge in [0, 0.05) is 17.1 Å². The lowest BCUT2D eigenvalue weighted by Gasteiger charge is -2.07. The standard InChI is InChI=1S/C20H21N/c1-2-3-4-7-16-10-12-18(13-11-16)20-19-9-6-5-8-17(19)14-15-21-20/h5-6,8-15H,2-4,7H2,1H3. The van der Waals surface area contributed by atoms with E-state index in [2.05, 4.69) is 66.5 Å². The summed E-state index contributed by atoms with van der Waals surface area (Å²) in [6, 6.07) is 19.4. The summed E-state index contributed by atoms with van der Waals surface area (Å²) in [7, 11) is 0. The summed E-state index contributed by atoms with van der Waals surface area (Å²) >= 11 is 0. The molecule has 1 heterocycles. The Morgan fingerprint density at radius 1 is 0.857 bits per heavy atom. The molecule has 1 heteroatoms. The van der Waals surface area contributed by atoms with Crippen LogP contribution < -0.4 is 0 Å². The van der Waals surface area contributed by atoms with Gasteiger partial charge in [0.2, 0.25) is 0 Å². The first-order valence-corrected chi connectivity index (χ1v) is 7.81. The number of fused-ring (bicyclic) bond motifs is 1. The van der Waals surface area contributed by atoms with Crippen molar-refractivity contribution in [2.75, 3.05) is 0 Å². The van der Waals surface area contributed by atoms with Crippen LogP contribution in [0.3, 0.4) is 0 Å². The quantitative estimate of drug-likeness (QED) is 0.549. The summed E-state index contributed by atoms with van der Waals surface area (Å²) in [5, 5.41) is 2.47. The highest BCUT2D eigenvalue weighted by Gasteiger charge is 2.04. The molecule has 0 fully saturated rings. The van der Waals surface area contributed by atoms with E-state index in [0.717, 1.165) is 5.69 Å². The van der Waals surface area contributed by atoms with Crippen LogP contribution in [0.4, 0.5) is 0 Å². The first-order chi connectivity index (χ1) is 10.4. The normalized spacial score (nSPS) is 10.9. The molecule has 3 rings (SSSR count). The molecule has 0 saturated heterocycles. The average molecular weight is 275 g/mol. The van der Waals surface area contributed by atoms with Gasteiger partial charge >= 0.3 is 0 Å². The van der Waals surface area contributed by atoms with Crippen LogP contribution in [0.1, 0.15) is 31.7 Å². The monoisotopic (exact) mass is 275 g/mol. The molecule has 0 aliphatic rings. The molecule has 2 aromatic carbocycles. The fourth-order valence-corrected chi connectivity index (χ4v) is 2.76. The molecule has 0 atom stereocenters. The van der Waals surface area contributed by atoms with Crippen LogP contribution in [-0.4, -0.2) is 4.98 Å². The molecule has 0 saturated carbocycles. The van der Waals surface area contributed by atoms with Crippen molar-refractivity contribution >= 4 is 10.8 Å². The summed E-state index contributed by atoms with van der Waals surface area (Å²) in [5.74, 6) is 0.